The molecule has 3 atom stereocenters. The molecule has 1 aliphatic carbocycles. The predicted octanol–water partition coefficient (Wildman–Crippen LogP) is 4.98. The van der Waals surface area contributed by atoms with Gasteiger partial charge in [-0.3, -0.25) is 0 Å². The second-order valence-electron chi connectivity index (χ2n) is 7.58. The smallest absolute Gasteiger partial charge is 0.0101 e. The van der Waals surface area contributed by atoms with Crippen molar-refractivity contribution in [3.05, 3.63) is 35.9 Å². The highest BCUT2D eigenvalue weighted by atomic mass is 14.9. The van der Waals surface area contributed by atoms with Gasteiger partial charge in [0.1, 0.15) is 0 Å². The summed E-state index contributed by atoms with van der Waals surface area (Å²) in [5, 5.41) is 3.88. The molecule has 0 saturated heterocycles. The van der Waals surface area contributed by atoms with E-state index in [2.05, 4.69) is 63.3 Å². The highest BCUT2D eigenvalue weighted by molar-refractivity contribution is 5.19. The molecule has 3 unspecified atom stereocenters. The first-order chi connectivity index (χ1) is 9.48. The zero-order chi connectivity index (χ0) is 14.6. The Labute approximate surface area is 125 Å². The van der Waals surface area contributed by atoms with Crippen LogP contribution in [0.4, 0.5) is 0 Å². The Morgan fingerprint density at radius 1 is 1.10 bits per heavy atom. The summed E-state index contributed by atoms with van der Waals surface area (Å²) in [6.07, 6.45) is 5.54. The minimum absolute atomic E-state index is 0.425. The van der Waals surface area contributed by atoms with Gasteiger partial charge >= 0.3 is 0 Å². The van der Waals surface area contributed by atoms with Crippen LogP contribution in [-0.4, -0.2) is 12.6 Å². The molecule has 0 aromatic heterocycles. The third-order valence-electron chi connectivity index (χ3n) is 4.93. The van der Waals surface area contributed by atoms with E-state index in [1.54, 1.807) is 0 Å². The Bertz CT molecular complexity index is 390. The number of hydrogen-bond donors (Lipinski definition) is 1. The highest BCUT2D eigenvalue weighted by Gasteiger charge is 2.33. The third kappa shape index (κ3) is 4.09. The van der Waals surface area contributed by atoms with Crippen molar-refractivity contribution in [2.24, 2.45) is 11.3 Å². The quantitative estimate of drug-likeness (QED) is 0.815. The molecule has 1 aliphatic rings. The van der Waals surface area contributed by atoms with Gasteiger partial charge in [-0.2, -0.15) is 0 Å². The van der Waals surface area contributed by atoms with Crippen molar-refractivity contribution in [3.8, 4) is 0 Å². The van der Waals surface area contributed by atoms with Gasteiger partial charge in [0.05, 0.1) is 0 Å². The normalized spacial score (nSPS) is 25.4. The number of rotatable bonds is 4. The van der Waals surface area contributed by atoms with Gasteiger partial charge in [0.25, 0.3) is 0 Å². The molecule has 0 radical (unpaired) electrons. The van der Waals surface area contributed by atoms with Crippen LogP contribution in [0.3, 0.4) is 0 Å². The first-order valence-corrected chi connectivity index (χ1v) is 8.27. The maximum Gasteiger partial charge on any atom is 0.0101 e. The van der Waals surface area contributed by atoms with Crippen LogP contribution in [0.25, 0.3) is 0 Å². The van der Waals surface area contributed by atoms with E-state index in [0.29, 0.717) is 17.4 Å². The predicted molar refractivity (Wildman–Crippen MR) is 88.1 cm³/mol. The zero-order valence-electron chi connectivity index (χ0n) is 13.7. The summed E-state index contributed by atoms with van der Waals surface area (Å²) in [6, 6.07) is 11.6. The van der Waals surface area contributed by atoms with E-state index in [9.17, 15) is 0 Å². The summed E-state index contributed by atoms with van der Waals surface area (Å²) in [6.45, 7) is 10.6. The minimum atomic E-state index is 0.425. The maximum atomic E-state index is 3.88. The van der Waals surface area contributed by atoms with Crippen LogP contribution in [0.2, 0.25) is 0 Å². The molecule has 1 aromatic rings. The van der Waals surface area contributed by atoms with Crippen LogP contribution in [0.1, 0.15) is 64.9 Å². The fourth-order valence-electron chi connectivity index (χ4n) is 3.64. The molecular weight excluding hydrogens is 242 g/mol. The van der Waals surface area contributed by atoms with E-state index in [4.69, 9.17) is 0 Å². The second kappa shape index (κ2) is 6.76. The van der Waals surface area contributed by atoms with Gasteiger partial charge in [0.15, 0.2) is 0 Å². The van der Waals surface area contributed by atoms with Gasteiger partial charge < -0.3 is 5.32 Å². The van der Waals surface area contributed by atoms with Crippen LogP contribution in [-0.2, 0) is 0 Å². The molecule has 20 heavy (non-hydrogen) atoms. The largest absolute Gasteiger partial charge is 0.313 e. The first-order valence-electron chi connectivity index (χ1n) is 8.27. The summed E-state index contributed by atoms with van der Waals surface area (Å²) >= 11 is 0. The average Bonchev–Trinajstić information content (AvgIpc) is 2.45. The fourth-order valence-corrected chi connectivity index (χ4v) is 3.64. The topological polar surface area (TPSA) is 12.0 Å². The SMILES string of the molecule is CC(CNC1CCCCC1C(C)(C)C)c1ccccc1. The molecule has 0 bridgehead atoms. The zero-order valence-corrected chi connectivity index (χ0v) is 13.7. The molecule has 1 saturated carbocycles. The first kappa shape index (κ1) is 15.6. The molecule has 0 aliphatic heterocycles. The lowest BCUT2D eigenvalue weighted by molar-refractivity contribution is 0.130. The van der Waals surface area contributed by atoms with E-state index < -0.39 is 0 Å². The van der Waals surface area contributed by atoms with Crippen LogP contribution in [0.5, 0.6) is 0 Å². The van der Waals surface area contributed by atoms with Crippen molar-refractivity contribution >= 4 is 0 Å². The van der Waals surface area contributed by atoms with Gasteiger partial charge in [-0.25, -0.2) is 0 Å². The van der Waals surface area contributed by atoms with Crippen molar-refractivity contribution in [3.63, 3.8) is 0 Å². The van der Waals surface area contributed by atoms with E-state index in [-0.39, 0.29) is 0 Å². The molecule has 0 amide bonds. The molecule has 0 spiro atoms. The van der Waals surface area contributed by atoms with Gasteiger partial charge in [-0.05, 0) is 35.7 Å². The third-order valence-corrected chi connectivity index (χ3v) is 4.93. The summed E-state index contributed by atoms with van der Waals surface area (Å²) in [5.41, 5.74) is 1.87. The highest BCUT2D eigenvalue weighted by Crippen LogP contribution is 2.38. The Morgan fingerprint density at radius 2 is 1.75 bits per heavy atom. The molecule has 0 heterocycles. The molecular formula is C19H31N. The van der Waals surface area contributed by atoms with Crippen molar-refractivity contribution in [2.75, 3.05) is 6.54 Å². The summed E-state index contributed by atoms with van der Waals surface area (Å²) in [4.78, 5) is 0. The van der Waals surface area contributed by atoms with Crippen LogP contribution >= 0.6 is 0 Å². The average molecular weight is 273 g/mol. The molecule has 1 aromatic carbocycles. The van der Waals surface area contributed by atoms with E-state index in [1.807, 2.05) is 0 Å². The maximum absolute atomic E-state index is 3.88. The molecule has 1 nitrogen and oxygen atoms in total. The van der Waals surface area contributed by atoms with E-state index in [1.165, 1.54) is 31.2 Å². The van der Waals surface area contributed by atoms with Crippen LogP contribution in [0.15, 0.2) is 30.3 Å². The fraction of sp³-hybridized carbons (Fsp3) is 0.684. The summed E-state index contributed by atoms with van der Waals surface area (Å²) < 4.78 is 0. The number of nitrogens with one attached hydrogen (secondary N) is 1. The molecule has 2 rings (SSSR count). The lowest BCUT2D eigenvalue weighted by atomic mass is 9.69. The van der Waals surface area contributed by atoms with Crippen LogP contribution in [0, 0.1) is 11.3 Å². The number of hydrogen-bond acceptors (Lipinski definition) is 1. The van der Waals surface area contributed by atoms with Crippen molar-refractivity contribution in [1.29, 1.82) is 0 Å². The van der Waals surface area contributed by atoms with Gasteiger partial charge in [-0.1, -0.05) is 70.9 Å². The number of benzene rings is 1. The van der Waals surface area contributed by atoms with E-state index in [0.717, 1.165) is 12.5 Å². The Balaban J connectivity index is 1.91. The lowest BCUT2D eigenvalue weighted by Gasteiger charge is -2.41. The Morgan fingerprint density at radius 3 is 2.40 bits per heavy atom. The van der Waals surface area contributed by atoms with Crippen molar-refractivity contribution in [2.45, 2.75) is 65.3 Å². The van der Waals surface area contributed by atoms with Crippen molar-refractivity contribution in [1.82, 2.24) is 5.32 Å². The second-order valence-corrected chi connectivity index (χ2v) is 7.58. The van der Waals surface area contributed by atoms with Crippen molar-refractivity contribution < 1.29 is 0 Å². The molecule has 1 fully saturated rings. The molecule has 1 heteroatoms. The lowest BCUT2D eigenvalue weighted by Crippen LogP contribution is -2.45. The standard InChI is InChI=1S/C19H31N/c1-15(16-10-6-5-7-11-16)14-20-18-13-9-8-12-17(18)19(2,3)4/h5-7,10-11,15,17-18,20H,8-9,12-14H2,1-4H3. The molecule has 112 valence electrons. The summed E-state index contributed by atoms with van der Waals surface area (Å²) in [7, 11) is 0. The molecule has 1 N–H and O–H groups in total. The van der Waals surface area contributed by atoms with Crippen LogP contribution < -0.4 is 5.32 Å². The van der Waals surface area contributed by atoms with Gasteiger partial charge in [0, 0.05) is 12.6 Å². The Kier molecular flexibility index (Phi) is 5.26. The minimum Gasteiger partial charge on any atom is -0.313 e. The summed E-state index contributed by atoms with van der Waals surface area (Å²) in [5.74, 6) is 1.41. The Hall–Kier alpha value is -0.820. The monoisotopic (exact) mass is 273 g/mol. The van der Waals surface area contributed by atoms with Gasteiger partial charge in [0.2, 0.25) is 0 Å². The van der Waals surface area contributed by atoms with Gasteiger partial charge in [-0.15, -0.1) is 0 Å². The van der Waals surface area contributed by atoms with E-state index >= 15 is 0 Å².